The van der Waals surface area contributed by atoms with Crippen LogP contribution in [0, 0.1) is 6.92 Å². The summed E-state index contributed by atoms with van der Waals surface area (Å²) in [6, 6.07) is 11.9. The molecule has 0 spiro atoms. The second-order valence-electron chi connectivity index (χ2n) is 6.90. The van der Waals surface area contributed by atoms with Crippen molar-refractivity contribution in [2.45, 2.75) is 38.6 Å². The first-order valence-electron chi connectivity index (χ1n) is 9.64. The lowest BCUT2D eigenvalue weighted by atomic mass is 10.1. The van der Waals surface area contributed by atoms with Gasteiger partial charge in [-0.2, -0.15) is 4.31 Å². The van der Waals surface area contributed by atoms with Gasteiger partial charge < -0.3 is 10.3 Å². The van der Waals surface area contributed by atoms with Gasteiger partial charge in [-0.3, -0.25) is 4.79 Å². The number of aromatic amines is 1. The molecule has 0 radical (unpaired) electrons. The summed E-state index contributed by atoms with van der Waals surface area (Å²) in [5.74, 6) is 0.302. The number of H-pyrrole nitrogens is 1. The van der Waals surface area contributed by atoms with Gasteiger partial charge in [-0.05, 0) is 43.7 Å². The van der Waals surface area contributed by atoms with Gasteiger partial charge in [0.15, 0.2) is 0 Å². The monoisotopic (exact) mass is 414 g/mol. The quantitative estimate of drug-likeness (QED) is 0.619. The van der Waals surface area contributed by atoms with E-state index in [9.17, 15) is 13.2 Å². The number of nitrogens with zero attached hydrogens (tertiary/aromatic N) is 2. The largest absolute Gasteiger partial charge is 0.342 e. The van der Waals surface area contributed by atoms with Crippen LogP contribution in [0.5, 0.6) is 0 Å². The first kappa shape index (κ1) is 21.0. The van der Waals surface area contributed by atoms with E-state index in [1.54, 1.807) is 32.9 Å². The third-order valence-electron chi connectivity index (χ3n) is 4.96. The summed E-state index contributed by atoms with van der Waals surface area (Å²) >= 11 is 0. The highest BCUT2D eigenvalue weighted by Gasteiger charge is 2.24. The second kappa shape index (κ2) is 8.34. The van der Waals surface area contributed by atoms with Crippen LogP contribution in [0.4, 0.5) is 0 Å². The average molecular weight is 415 g/mol. The Morgan fingerprint density at radius 1 is 1.17 bits per heavy atom. The van der Waals surface area contributed by atoms with Crippen molar-refractivity contribution < 1.29 is 13.2 Å². The van der Waals surface area contributed by atoms with Crippen molar-refractivity contribution in [3.05, 3.63) is 59.4 Å². The summed E-state index contributed by atoms with van der Waals surface area (Å²) in [6.07, 6.45) is 0. The zero-order chi connectivity index (χ0) is 21.2. The number of hydrogen-bond acceptors (Lipinski definition) is 4. The fraction of sp³-hybridized carbons (Fsp3) is 0.333. The van der Waals surface area contributed by atoms with Crippen LogP contribution in [0.3, 0.4) is 0 Å². The van der Waals surface area contributed by atoms with Crippen molar-refractivity contribution in [1.82, 2.24) is 19.6 Å². The van der Waals surface area contributed by atoms with E-state index >= 15 is 0 Å². The van der Waals surface area contributed by atoms with Crippen molar-refractivity contribution in [3.63, 3.8) is 0 Å². The SMILES string of the molecule is CCN(CC)S(=O)(=O)c1ccc(C)c(C(=O)N[C@@H](C)c2nc3ccccc3[nH]2)c1. The number of aryl methyl sites for hydroxylation is 1. The molecule has 1 aromatic heterocycles. The number of sulfonamides is 1. The molecule has 0 saturated heterocycles. The maximum absolute atomic E-state index is 12.9. The van der Waals surface area contributed by atoms with Gasteiger partial charge in [-0.1, -0.05) is 32.0 Å². The number of benzene rings is 2. The number of aromatic nitrogens is 2. The summed E-state index contributed by atoms with van der Waals surface area (Å²) in [5, 5.41) is 2.91. The van der Waals surface area contributed by atoms with E-state index in [-0.39, 0.29) is 16.8 Å². The van der Waals surface area contributed by atoms with Gasteiger partial charge in [0, 0.05) is 18.7 Å². The Hall–Kier alpha value is -2.71. The number of carbonyl (C=O) groups excluding carboxylic acids is 1. The maximum atomic E-state index is 12.9. The molecule has 0 fully saturated rings. The smallest absolute Gasteiger partial charge is 0.252 e. The zero-order valence-corrected chi connectivity index (χ0v) is 17.9. The summed E-state index contributed by atoms with van der Waals surface area (Å²) in [5.41, 5.74) is 2.76. The van der Waals surface area contributed by atoms with Crippen molar-refractivity contribution in [2.75, 3.05) is 13.1 Å². The molecule has 8 heteroatoms. The van der Waals surface area contributed by atoms with E-state index in [1.165, 1.54) is 10.4 Å². The van der Waals surface area contributed by atoms with E-state index in [1.807, 2.05) is 31.2 Å². The lowest BCUT2D eigenvalue weighted by Crippen LogP contribution is -2.31. The molecule has 1 atom stereocenters. The maximum Gasteiger partial charge on any atom is 0.252 e. The molecule has 0 bridgehead atoms. The molecule has 0 unspecified atom stereocenters. The topological polar surface area (TPSA) is 95.2 Å². The normalized spacial score (nSPS) is 13.0. The Morgan fingerprint density at radius 2 is 1.86 bits per heavy atom. The molecule has 1 heterocycles. The number of amides is 1. The van der Waals surface area contributed by atoms with Gasteiger partial charge in [0.1, 0.15) is 5.82 Å². The number of rotatable bonds is 7. The molecule has 0 saturated carbocycles. The third kappa shape index (κ3) is 4.18. The van der Waals surface area contributed by atoms with Crippen LogP contribution >= 0.6 is 0 Å². The van der Waals surface area contributed by atoms with Gasteiger partial charge in [-0.15, -0.1) is 0 Å². The average Bonchev–Trinajstić information content (AvgIpc) is 3.13. The standard InChI is InChI=1S/C21H26N4O3S/c1-5-25(6-2)29(27,28)16-12-11-14(3)17(13-16)21(26)22-15(4)20-23-18-9-7-8-10-19(18)24-20/h7-13,15H,5-6H2,1-4H3,(H,22,26)(H,23,24)/t15-/m0/s1. The van der Waals surface area contributed by atoms with Gasteiger partial charge in [0.25, 0.3) is 5.91 Å². The lowest BCUT2D eigenvalue weighted by Gasteiger charge is -2.19. The molecule has 0 aliphatic rings. The van der Waals surface area contributed by atoms with Crippen LogP contribution in [0.25, 0.3) is 11.0 Å². The van der Waals surface area contributed by atoms with E-state index in [0.29, 0.717) is 30.0 Å². The molecule has 7 nitrogen and oxygen atoms in total. The third-order valence-corrected chi connectivity index (χ3v) is 7.01. The van der Waals surface area contributed by atoms with Crippen LogP contribution in [0.2, 0.25) is 0 Å². The van der Waals surface area contributed by atoms with Crippen molar-refractivity contribution in [2.24, 2.45) is 0 Å². The van der Waals surface area contributed by atoms with E-state index in [2.05, 4.69) is 15.3 Å². The highest BCUT2D eigenvalue weighted by Crippen LogP contribution is 2.21. The first-order valence-corrected chi connectivity index (χ1v) is 11.1. The molecule has 2 aromatic carbocycles. The fourth-order valence-corrected chi connectivity index (χ4v) is 4.72. The molecule has 0 aliphatic heterocycles. The van der Waals surface area contributed by atoms with Gasteiger partial charge >= 0.3 is 0 Å². The highest BCUT2D eigenvalue weighted by molar-refractivity contribution is 7.89. The van der Waals surface area contributed by atoms with Crippen LogP contribution < -0.4 is 5.32 Å². The minimum Gasteiger partial charge on any atom is -0.342 e. The first-order chi connectivity index (χ1) is 13.8. The Bertz CT molecular complexity index is 1100. The second-order valence-corrected chi connectivity index (χ2v) is 8.84. The Morgan fingerprint density at radius 3 is 2.52 bits per heavy atom. The highest BCUT2D eigenvalue weighted by atomic mass is 32.2. The Kier molecular flexibility index (Phi) is 6.04. The van der Waals surface area contributed by atoms with Gasteiger partial charge in [-0.25, -0.2) is 13.4 Å². The molecular formula is C21H26N4O3S. The van der Waals surface area contributed by atoms with Gasteiger partial charge in [0.05, 0.1) is 22.0 Å². The minimum absolute atomic E-state index is 0.119. The van der Waals surface area contributed by atoms with Crippen LogP contribution in [-0.2, 0) is 10.0 Å². The number of hydrogen-bond donors (Lipinski definition) is 2. The van der Waals surface area contributed by atoms with Crippen molar-refractivity contribution in [3.8, 4) is 0 Å². The van der Waals surface area contributed by atoms with Crippen LogP contribution in [0.15, 0.2) is 47.4 Å². The van der Waals surface area contributed by atoms with Crippen molar-refractivity contribution in [1.29, 1.82) is 0 Å². The van der Waals surface area contributed by atoms with Crippen molar-refractivity contribution >= 4 is 27.0 Å². The predicted octanol–water partition coefficient (Wildman–Crippen LogP) is 3.39. The Balaban J connectivity index is 1.87. The zero-order valence-electron chi connectivity index (χ0n) is 17.1. The molecular weight excluding hydrogens is 388 g/mol. The summed E-state index contributed by atoms with van der Waals surface area (Å²) in [7, 11) is -3.64. The minimum atomic E-state index is -3.64. The van der Waals surface area contributed by atoms with Crippen LogP contribution in [0.1, 0.15) is 48.6 Å². The molecule has 3 aromatic rings. The van der Waals surface area contributed by atoms with E-state index < -0.39 is 10.0 Å². The summed E-state index contributed by atoms with van der Waals surface area (Å²) < 4.78 is 27.0. The van der Waals surface area contributed by atoms with Gasteiger partial charge in [0.2, 0.25) is 10.0 Å². The van der Waals surface area contributed by atoms with E-state index in [0.717, 1.165) is 11.0 Å². The number of imidazole rings is 1. The molecule has 1 amide bonds. The number of para-hydroxylation sites is 2. The lowest BCUT2D eigenvalue weighted by molar-refractivity contribution is 0.0937. The molecule has 29 heavy (non-hydrogen) atoms. The predicted molar refractivity (Wildman–Crippen MR) is 113 cm³/mol. The summed E-state index contributed by atoms with van der Waals surface area (Å²) in [4.78, 5) is 20.7. The molecule has 3 rings (SSSR count). The molecule has 154 valence electrons. The van der Waals surface area contributed by atoms with E-state index in [4.69, 9.17) is 0 Å². The Labute approximate surface area is 171 Å². The molecule has 0 aliphatic carbocycles. The fourth-order valence-electron chi connectivity index (χ4n) is 3.24. The number of fused-ring (bicyclic) bond motifs is 1. The van der Waals surface area contributed by atoms with Crippen LogP contribution in [-0.4, -0.2) is 41.7 Å². The number of nitrogens with one attached hydrogen (secondary N) is 2. The number of carbonyl (C=O) groups is 1. The summed E-state index contributed by atoms with van der Waals surface area (Å²) in [6.45, 7) is 7.94. The molecule has 2 N–H and O–H groups in total.